The number of allylic oxidation sites excluding steroid dienone is 2. The van der Waals surface area contributed by atoms with Crippen molar-refractivity contribution in [2.75, 3.05) is 13.2 Å². The lowest BCUT2D eigenvalue weighted by Crippen LogP contribution is -2.46. The summed E-state index contributed by atoms with van der Waals surface area (Å²) in [6.07, 6.45) is 5.26. The standard InChI is InChI=1S/C25H36N2O5/c1-17(2)22-16-32-25(31)21(13-19-9-5-4-6-10-19)12-8-7-11-20(24(30)27-22)14-23(29)26-18(3)15-28/h4-10,17-18,20-22,28H,11-16H2,1-3H3,(H,26,29)(H,27,30)/t18-,20-,21+,22-/m1/s1. The Balaban J connectivity index is 2.16. The molecule has 176 valence electrons. The molecule has 7 heteroatoms. The maximum absolute atomic E-state index is 12.9. The largest absolute Gasteiger partial charge is 0.463 e. The zero-order chi connectivity index (χ0) is 23.5. The van der Waals surface area contributed by atoms with Gasteiger partial charge in [0.1, 0.15) is 6.61 Å². The van der Waals surface area contributed by atoms with Crippen molar-refractivity contribution >= 4 is 17.8 Å². The van der Waals surface area contributed by atoms with Gasteiger partial charge in [-0.25, -0.2) is 0 Å². The molecule has 1 aromatic rings. The number of aliphatic hydroxyl groups excluding tert-OH is 1. The highest BCUT2D eigenvalue weighted by atomic mass is 16.5. The second kappa shape index (κ2) is 13.0. The summed E-state index contributed by atoms with van der Waals surface area (Å²) in [5, 5.41) is 14.8. The van der Waals surface area contributed by atoms with Crippen LogP contribution in [0.25, 0.3) is 0 Å². The number of hydrogen-bond acceptors (Lipinski definition) is 5. The van der Waals surface area contributed by atoms with Gasteiger partial charge in [0, 0.05) is 12.5 Å². The molecule has 2 rings (SSSR count). The Morgan fingerprint density at radius 2 is 1.78 bits per heavy atom. The minimum Gasteiger partial charge on any atom is -0.463 e. The lowest BCUT2D eigenvalue weighted by atomic mass is 9.93. The molecule has 0 saturated heterocycles. The van der Waals surface area contributed by atoms with Crippen molar-refractivity contribution in [3.05, 3.63) is 48.0 Å². The van der Waals surface area contributed by atoms with Crippen molar-refractivity contribution in [3.8, 4) is 0 Å². The van der Waals surface area contributed by atoms with E-state index in [0.717, 1.165) is 5.56 Å². The molecule has 4 atom stereocenters. The Hall–Kier alpha value is -2.67. The molecule has 7 nitrogen and oxygen atoms in total. The molecule has 0 radical (unpaired) electrons. The molecule has 0 saturated carbocycles. The fourth-order valence-corrected chi connectivity index (χ4v) is 3.56. The molecular formula is C25H36N2O5. The second-order valence-electron chi connectivity index (χ2n) is 8.87. The van der Waals surface area contributed by atoms with Gasteiger partial charge in [-0.1, -0.05) is 56.3 Å². The predicted molar refractivity (Wildman–Crippen MR) is 123 cm³/mol. The zero-order valence-corrected chi connectivity index (χ0v) is 19.3. The van der Waals surface area contributed by atoms with Crippen molar-refractivity contribution in [1.82, 2.24) is 10.6 Å². The molecule has 1 aromatic carbocycles. The average molecular weight is 445 g/mol. The van der Waals surface area contributed by atoms with E-state index in [1.165, 1.54) is 0 Å². The van der Waals surface area contributed by atoms with Gasteiger partial charge in [0.2, 0.25) is 11.8 Å². The zero-order valence-electron chi connectivity index (χ0n) is 19.3. The topological polar surface area (TPSA) is 105 Å². The van der Waals surface area contributed by atoms with Crippen LogP contribution in [-0.4, -0.2) is 48.2 Å². The van der Waals surface area contributed by atoms with Crippen LogP contribution in [0.15, 0.2) is 42.5 Å². The molecule has 0 spiro atoms. The van der Waals surface area contributed by atoms with Crippen LogP contribution in [0.2, 0.25) is 0 Å². The van der Waals surface area contributed by atoms with Crippen LogP contribution in [0.3, 0.4) is 0 Å². The third kappa shape index (κ3) is 8.46. The summed E-state index contributed by atoms with van der Waals surface area (Å²) in [6.45, 7) is 5.55. The fourth-order valence-electron chi connectivity index (χ4n) is 3.56. The van der Waals surface area contributed by atoms with Gasteiger partial charge in [-0.3, -0.25) is 14.4 Å². The number of hydrogen-bond donors (Lipinski definition) is 3. The fraction of sp³-hybridized carbons (Fsp3) is 0.560. The Morgan fingerprint density at radius 1 is 1.12 bits per heavy atom. The average Bonchev–Trinajstić information content (AvgIpc) is 2.76. The number of nitrogens with one attached hydrogen (secondary N) is 2. The first-order valence-corrected chi connectivity index (χ1v) is 11.4. The quantitative estimate of drug-likeness (QED) is 0.442. The molecule has 32 heavy (non-hydrogen) atoms. The molecular weight excluding hydrogens is 408 g/mol. The van der Waals surface area contributed by atoms with E-state index in [4.69, 9.17) is 9.84 Å². The minimum atomic E-state index is -0.541. The van der Waals surface area contributed by atoms with E-state index in [1.807, 2.05) is 56.3 Å². The summed E-state index contributed by atoms with van der Waals surface area (Å²) in [5.74, 6) is -1.58. The van der Waals surface area contributed by atoms with E-state index in [9.17, 15) is 14.4 Å². The molecule has 0 unspecified atom stereocenters. The van der Waals surface area contributed by atoms with Gasteiger partial charge in [-0.2, -0.15) is 0 Å². The molecule has 1 aliphatic heterocycles. The van der Waals surface area contributed by atoms with Crippen LogP contribution >= 0.6 is 0 Å². The van der Waals surface area contributed by atoms with E-state index in [2.05, 4.69) is 10.6 Å². The normalized spacial score (nSPS) is 23.5. The first kappa shape index (κ1) is 25.6. The van der Waals surface area contributed by atoms with Crippen molar-refractivity contribution in [2.24, 2.45) is 17.8 Å². The number of ether oxygens (including phenoxy) is 1. The monoisotopic (exact) mass is 444 g/mol. The Bertz CT molecular complexity index is 778. The van der Waals surface area contributed by atoms with Gasteiger partial charge >= 0.3 is 5.97 Å². The summed E-state index contributed by atoms with van der Waals surface area (Å²) < 4.78 is 5.61. The number of cyclic esters (lactones) is 1. The highest BCUT2D eigenvalue weighted by Crippen LogP contribution is 2.19. The van der Waals surface area contributed by atoms with Gasteiger partial charge in [-0.15, -0.1) is 0 Å². The van der Waals surface area contributed by atoms with Crippen LogP contribution < -0.4 is 10.6 Å². The Kier molecular flexibility index (Phi) is 10.4. The lowest BCUT2D eigenvalue weighted by molar-refractivity contribution is -0.150. The minimum absolute atomic E-state index is 0.0263. The first-order valence-electron chi connectivity index (χ1n) is 11.4. The highest BCUT2D eigenvalue weighted by Gasteiger charge is 2.28. The summed E-state index contributed by atoms with van der Waals surface area (Å²) in [6, 6.07) is 9.12. The number of aliphatic hydroxyl groups is 1. The summed E-state index contributed by atoms with van der Waals surface area (Å²) in [5.41, 5.74) is 1.07. The number of rotatable bonds is 7. The smallest absolute Gasteiger partial charge is 0.309 e. The van der Waals surface area contributed by atoms with Crippen LogP contribution in [0.5, 0.6) is 0 Å². The summed E-state index contributed by atoms with van der Waals surface area (Å²) in [4.78, 5) is 38.0. The van der Waals surface area contributed by atoms with Gasteiger partial charge < -0.3 is 20.5 Å². The van der Waals surface area contributed by atoms with Crippen LogP contribution in [0.1, 0.15) is 45.6 Å². The van der Waals surface area contributed by atoms with Gasteiger partial charge in [-0.05, 0) is 37.7 Å². The van der Waals surface area contributed by atoms with Crippen molar-refractivity contribution < 1.29 is 24.2 Å². The number of benzene rings is 1. The van der Waals surface area contributed by atoms with Crippen LogP contribution in [0.4, 0.5) is 0 Å². The Labute approximate surface area is 190 Å². The van der Waals surface area contributed by atoms with Crippen LogP contribution in [-0.2, 0) is 25.5 Å². The molecule has 3 N–H and O–H groups in total. The molecule has 2 amide bonds. The van der Waals surface area contributed by atoms with E-state index in [1.54, 1.807) is 6.92 Å². The molecule has 0 aliphatic carbocycles. The molecule has 0 bridgehead atoms. The molecule has 0 aromatic heterocycles. The first-order chi connectivity index (χ1) is 15.3. The van der Waals surface area contributed by atoms with Crippen molar-refractivity contribution in [3.63, 3.8) is 0 Å². The Morgan fingerprint density at radius 3 is 2.41 bits per heavy atom. The van der Waals surface area contributed by atoms with Crippen molar-refractivity contribution in [2.45, 2.75) is 58.5 Å². The lowest BCUT2D eigenvalue weighted by Gasteiger charge is -2.26. The third-order valence-corrected chi connectivity index (χ3v) is 5.69. The maximum atomic E-state index is 12.9. The second-order valence-corrected chi connectivity index (χ2v) is 8.87. The third-order valence-electron chi connectivity index (χ3n) is 5.69. The van der Waals surface area contributed by atoms with Crippen LogP contribution in [0, 0.1) is 17.8 Å². The number of carbonyl (C=O) groups excluding carboxylic acids is 3. The predicted octanol–water partition coefficient (Wildman–Crippen LogP) is 2.38. The van der Waals surface area contributed by atoms with Gasteiger partial charge in [0.05, 0.1) is 24.5 Å². The number of esters is 1. The van der Waals surface area contributed by atoms with E-state index in [-0.39, 0.29) is 61.3 Å². The van der Waals surface area contributed by atoms with E-state index >= 15 is 0 Å². The van der Waals surface area contributed by atoms with E-state index < -0.39 is 5.92 Å². The summed E-state index contributed by atoms with van der Waals surface area (Å²) in [7, 11) is 0. The van der Waals surface area contributed by atoms with E-state index in [0.29, 0.717) is 19.3 Å². The molecule has 1 heterocycles. The number of amides is 2. The maximum Gasteiger partial charge on any atom is 0.309 e. The number of carbonyl (C=O) groups is 3. The molecule has 0 fully saturated rings. The SMILES string of the molecule is CC(C)[C@H]1COC(=O)[C@H](Cc2ccccc2)CC=CC[C@H](CC(=O)N[C@H](C)CO)C(=O)N1. The van der Waals surface area contributed by atoms with Crippen molar-refractivity contribution in [1.29, 1.82) is 0 Å². The van der Waals surface area contributed by atoms with Gasteiger partial charge in [0.15, 0.2) is 0 Å². The summed E-state index contributed by atoms with van der Waals surface area (Å²) >= 11 is 0. The molecule has 1 aliphatic rings. The van der Waals surface area contributed by atoms with Gasteiger partial charge in [0.25, 0.3) is 0 Å². The highest BCUT2D eigenvalue weighted by molar-refractivity contribution is 5.86.